The zero-order valence-corrected chi connectivity index (χ0v) is 13.8. The van der Waals surface area contributed by atoms with E-state index in [0.717, 1.165) is 0 Å². The SMILES string of the molecule is [B]C1OC(CO[P+](O)(O)OC2C(CO)OC([B])C2O)C(OC)C1O. The van der Waals surface area contributed by atoms with Crippen LogP contribution in [0.5, 0.6) is 0 Å². The molecule has 10 nitrogen and oxygen atoms in total. The predicted molar refractivity (Wildman–Crippen MR) is 80.9 cm³/mol. The van der Waals surface area contributed by atoms with Crippen molar-refractivity contribution in [3.05, 3.63) is 0 Å². The van der Waals surface area contributed by atoms with Crippen molar-refractivity contribution in [2.75, 3.05) is 20.3 Å². The van der Waals surface area contributed by atoms with Gasteiger partial charge in [-0.2, -0.15) is 14.3 Å². The van der Waals surface area contributed by atoms with Crippen LogP contribution in [0.15, 0.2) is 0 Å². The minimum Gasteiger partial charge on any atom is -0.394 e. The summed E-state index contributed by atoms with van der Waals surface area (Å²) >= 11 is 0. The summed E-state index contributed by atoms with van der Waals surface area (Å²) in [5, 5.41) is 28.7. The van der Waals surface area contributed by atoms with Gasteiger partial charge in [0.05, 0.1) is 6.61 Å². The second-order valence-corrected chi connectivity index (χ2v) is 6.95. The Kier molecular flexibility index (Phi) is 7.03. The first kappa shape index (κ1) is 20.5. The van der Waals surface area contributed by atoms with Gasteiger partial charge in [-0.25, -0.2) is 0 Å². The highest BCUT2D eigenvalue weighted by Gasteiger charge is 2.53. The first-order valence-corrected chi connectivity index (χ1v) is 8.72. The van der Waals surface area contributed by atoms with E-state index >= 15 is 0 Å². The average Bonchev–Trinajstić information content (AvgIpc) is 2.95. The van der Waals surface area contributed by atoms with Crippen LogP contribution < -0.4 is 0 Å². The summed E-state index contributed by atoms with van der Waals surface area (Å²) in [6.07, 6.45) is -6.49. The zero-order chi connectivity index (χ0) is 18.1. The molecule has 0 aromatic heterocycles. The Balaban J connectivity index is 1.91. The topological polar surface area (TPSA) is 147 Å². The Morgan fingerprint density at radius 2 is 1.54 bits per heavy atom. The number of rotatable bonds is 7. The van der Waals surface area contributed by atoms with Crippen LogP contribution >= 0.6 is 8.17 Å². The lowest BCUT2D eigenvalue weighted by Gasteiger charge is -2.21. The maximum atomic E-state index is 9.89. The molecule has 13 heteroatoms. The Labute approximate surface area is 142 Å². The van der Waals surface area contributed by atoms with Gasteiger partial charge in [-0.3, -0.25) is 0 Å². The number of aliphatic hydroxyl groups is 3. The normalized spacial score (nSPS) is 43.4. The first-order valence-electron chi connectivity index (χ1n) is 7.19. The van der Waals surface area contributed by atoms with Crippen molar-refractivity contribution in [2.45, 2.75) is 48.6 Å². The number of ether oxygens (including phenoxy) is 3. The summed E-state index contributed by atoms with van der Waals surface area (Å²) in [5.41, 5.74) is 0. The van der Waals surface area contributed by atoms with Gasteiger partial charge in [0.1, 0.15) is 52.8 Å². The predicted octanol–water partition coefficient (Wildman–Crippen LogP) is -3.43. The molecule has 5 N–H and O–H groups in total. The lowest BCUT2D eigenvalue weighted by molar-refractivity contribution is -0.0504. The van der Waals surface area contributed by atoms with Gasteiger partial charge >= 0.3 is 8.17 Å². The van der Waals surface area contributed by atoms with Crippen LogP contribution in [0.1, 0.15) is 0 Å². The van der Waals surface area contributed by atoms with Gasteiger partial charge in [-0.15, -0.1) is 4.52 Å². The van der Waals surface area contributed by atoms with Crippen LogP contribution in [0.2, 0.25) is 0 Å². The van der Waals surface area contributed by atoms with Crippen LogP contribution in [0.25, 0.3) is 0 Å². The van der Waals surface area contributed by atoms with E-state index in [1.807, 2.05) is 0 Å². The first-order chi connectivity index (χ1) is 11.2. The third-order valence-electron chi connectivity index (χ3n) is 3.86. The van der Waals surface area contributed by atoms with Gasteiger partial charge in [0.15, 0.2) is 6.10 Å². The number of hydrogen-bond acceptors (Lipinski definition) is 10. The lowest BCUT2D eigenvalue weighted by Crippen LogP contribution is -2.38. The Morgan fingerprint density at radius 3 is 2.08 bits per heavy atom. The average molecular weight is 365 g/mol. The highest BCUT2D eigenvalue weighted by atomic mass is 31.2. The quantitative estimate of drug-likeness (QED) is 0.228. The fourth-order valence-corrected chi connectivity index (χ4v) is 3.57. The van der Waals surface area contributed by atoms with Gasteiger partial charge in [-0.1, -0.05) is 0 Å². The largest absolute Gasteiger partial charge is 0.570 e. The summed E-state index contributed by atoms with van der Waals surface area (Å²) in [4.78, 5) is 19.8. The van der Waals surface area contributed by atoms with Gasteiger partial charge in [-0.05, 0) is 0 Å². The summed E-state index contributed by atoms with van der Waals surface area (Å²) in [7, 11) is 7.92. The molecule has 2 saturated heterocycles. The van der Waals surface area contributed by atoms with Crippen LogP contribution in [0, 0.1) is 0 Å². The van der Waals surface area contributed by atoms with Gasteiger partial charge < -0.3 is 29.5 Å². The molecule has 0 aromatic rings. The maximum Gasteiger partial charge on any atom is 0.570 e. The molecule has 24 heavy (non-hydrogen) atoms. The highest BCUT2D eigenvalue weighted by molar-refractivity contribution is 7.54. The maximum absolute atomic E-state index is 9.89. The molecular weight excluding hydrogens is 345 g/mol. The molecular formula is C11H20B2O10P+. The van der Waals surface area contributed by atoms with Gasteiger partial charge in [0.2, 0.25) is 0 Å². The van der Waals surface area contributed by atoms with Gasteiger partial charge in [0.25, 0.3) is 0 Å². The zero-order valence-electron chi connectivity index (χ0n) is 12.9. The van der Waals surface area contributed by atoms with Crippen molar-refractivity contribution < 1.29 is 48.4 Å². The van der Waals surface area contributed by atoms with Crippen molar-refractivity contribution >= 4 is 23.9 Å². The number of methoxy groups -OCH3 is 1. The second kappa shape index (κ2) is 8.24. The molecule has 0 aliphatic carbocycles. The van der Waals surface area contributed by atoms with Crippen LogP contribution in [0.3, 0.4) is 0 Å². The highest BCUT2D eigenvalue weighted by Crippen LogP contribution is 2.55. The summed E-state index contributed by atoms with van der Waals surface area (Å²) in [6, 6.07) is -2.15. The van der Waals surface area contributed by atoms with Crippen molar-refractivity contribution in [2.24, 2.45) is 0 Å². The number of aliphatic hydroxyl groups excluding tert-OH is 3. The summed E-state index contributed by atoms with van der Waals surface area (Å²) in [5.74, 6) is 0. The summed E-state index contributed by atoms with van der Waals surface area (Å²) in [6.45, 7) is -0.947. The molecule has 2 aliphatic heterocycles. The molecule has 0 saturated carbocycles. The van der Waals surface area contributed by atoms with Crippen molar-refractivity contribution in [1.29, 1.82) is 0 Å². The fourth-order valence-electron chi connectivity index (χ4n) is 2.60. The molecule has 0 bridgehead atoms. The Hall–Kier alpha value is 0.160. The number of hydrogen-bond donors (Lipinski definition) is 5. The van der Waals surface area contributed by atoms with E-state index in [0.29, 0.717) is 0 Å². The minimum absolute atomic E-state index is 0.399. The molecule has 2 aliphatic rings. The summed E-state index contributed by atoms with van der Waals surface area (Å²) < 4.78 is 25.1. The van der Waals surface area contributed by atoms with Crippen LogP contribution in [-0.2, 0) is 23.3 Å². The molecule has 0 aromatic carbocycles. The standard InChI is InChI=1S/C11H20B2O10P/c1-19-8-5(22-10(12)6(8)15)3-20-24(17,18)23-9-4(2-14)21-11(13)7(9)16/h4-11,14-18H,2-3H2,1H3/q+1. The van der Waals surface area contributed by atoms with E-state index in [1.54, 1.807) is 0 Å². The van der Waals surface area contributed by atoms with E-state index in [-0.39, 0.29) is 0 Å². The third kappa shape index (κ3) is 4.46. The molecule has 8 unspecified atom stereocenters. The molecule has 4 radical (unpaired) electrons. The molecule has 2 fully saturated rings. The van der Waals surface area contributed by atoms with Crippen molar-refractivity contribution in [3.63, 3.8) is 0 Å². The van der Waals surface area contributed by atoms with Crippen molar-refractivity contribution in [3.8, 4) is 0 Å². The van der Waals surface area contributed by atoms with E-state index in [1.165, 1.54) is 7.11 Å². The molecule has 2 rings (SSSR count). The fraction of sp³-hybridized carbons (Fsp3) is 1.00. The Bertz CT molecular complexity index is 418. The monoisotopic (exact) mass is 365 g/mol. The van der Waals surface area contributed by atoms with Gasteiger partial charge in [0, 0.05) is 19.1 Å². The van der Waals surface area contributed by atoms with Crippen molar-refractivity contribution in [1.82, 2.24) is 0 Å². The second-order valence-electron chi connectivity index (χ2n) is 5.50. The van der Waals surface area contributed by atoms with Crippen LogP contribution in [-0.4, -0.2) is 110 Å². The van der Waals surface area contributed by atoms with E-state index in [9.17, 15) is 20.0 Å². The molecule has 0 amide bonds. The smallest absolute Gasteiger partial charge is 0.394 e. The lowest BCUT2D eigenvalue weighted by atomic mass is 9.93. The Morgan fingerprint density at radius 1 is 1.00 bits per heavy atom. The van der Waals surface area contributed by atoms with Crippen LogP contribution in [0.4, 0.5) is 0 Å². The molecule has 8 atom stereocenters. The molecule has 134 valence electrons. The third-order valence-corrected chi connectivity index (χ3v) is 4.86. The van der Waals surface area contributed by atoms with E-state index in [2.05, 4.69) is 0 Å². The minimum atomic E-state index is -4.40. The van der Waals surface area contributed by atoms with E-state index in [4.69, 9.17) is 44.1 Å². The molecule has 2 heterocycles. The van der Waals surface area contributed by atoms with E-state index < -0.39 is 70.0 Å². The molecule has 0 spiro atoms.